The van der Waals surface area contributed by atoms with Gasteiger partial charge in [0.05, 0.1) is 5.75 Å². The first-order valence-corrected chi connectivity index (χ1v) is 7.74. The van der Waals surface area contributed by atoms with E-state index in [4.69, 9.17) is 16.1 Å². The summed E-state index contributed by atoms with van der Waals surface area (Å²) in [6, 6.07) is 6.76. The number of benzene rings is 1. The van der Waals surface area contributed by atoms with E-state index >= 15 is 0 Å². The number of aryl methyl sites for hydroxylation is 1. The van der Waals surface area contributed by atoms with Gasteiger partial charge < -0.3 is 4.52 Å². The normalized spacial score (nSPS) is 13.4. The predicted molar refractivity (Wildman–Crippen MR) is 71.5 cm³/mol. The van der Waals surface area contributed by atoms with Crippen molar-refractivity contribution in [1.82, 2.24) is 10.1 Å². The standard InChI is InChI=1S/C12H13ClN2O3S/c1-8(12-14-9(2)15-18-12)19(16,17)7-10-4-3-5-11(13)6-10/h3-6,8H,7H2,1-2H3/t8-/m0/s1. The zero-order valence-corrected chi connectivity index (χ0v) is 12.1. The summed E-state index contributed by atoms with van der Waals surface area (Å²) in [4.78, 5) is 3.95. The number of rotatable bonds is 4. The van der Waals surface area contributed by atoms with Crippen LogP contribution in [0.5, 0.6) is 0 Å². The fourth-order valence-corrected chi connectivity index (χ4v) is 3.13. The molecule has 2 rings (SSSR count). The second kappa shape index (κ2) is 5.30. The molecule has 0 radical (unpaired) electrons. The molecule has 0 bridgehead atoms. The van der Waals surface area contributed by atoms with Gasteiger partial charge in [-0.05, 0) is 31.5 Å². The number of hydrogen-bond acceptors (Lipinski definition) is 5. The van der Waals surface area contributed by atoms with E-state index in [9.17, 15) is 8.42 Å². The van der Waals surface area contributed by atoms with Crippen LogP contribution in [0.1, 0.15) is 29.5 Å². The Hall–Kier alpha value is -1.40. The van der Waals surface area contributed by atoms with Gasteiger partial charge >= 0.3 is 0 Å². The zero-order valence-electron chi connectivity index (χ0n) is 10.5. The summed E-state index contributed by atoms with van der Waals surface area (Å²) in [7, 11) is -3.42. The zero-order chi connectivity index (χ0) is 14.0. The van der Waals surface area contributed by atoms with E-state index in [0.717, 1.165) is 0 Å². The topological polar surface area (TPSA) is 73.1 Å². The van der Waals surface area contributed by atoms with E-state index < -0.39 is 15.1 Å². The van der Waals surface area contributed by atoms with Gasteiger partial charge in [0, 0.05) is 5.02 Å². The Morgan fingerprint density at radius 1 is 1.42 bits per heavy atom. The smallest absolute Gasteiger partial charge is 0.244 e. The van der Waals surface area contributed by atoms with Gasteiger partial charge in [-0.3, -0.25) is 0 Å². The van der Waals surface area contributed by atoms with Gasteiger partial charge in [-0.15, -0.1) is 0 Å². The van der Waals surface area contributed by atoms with E-state index in [1.807, 2.05) is 0 Å². The Bertz CT molecular complexity index is 682. The highest BCUT2D eigenvalue weighted by atomic mass is 35.5. The van der Waals surface area contributed by atoms with Gasteiger partial charge in [0.15, 0.2) is 15.7 Å². The van der Waals surface area contributed by atoms with E-state index in [2.05, 4.69) is 10.1 Å². The minimum absolute atomic E-state index is 0.111. The number of nitrogens with zero attached hydrogens (tertiary/aromatic N) is 2. The molecule has 0 saturated heterocycles. The summed E-state index contributed by atoms with van der Waals surface area (Å²) < 4.78 is 29.4. The first-order valence-electron chi connectivity index (χ1n) is 5.65. The molecule has 102 valence electrons. The molecule has 0 N–H and O–H groups in total. The lowest BCUT2D eigenvalue weighted by Gasteiger charge is -2.09. The van der Waals surface area contributed by atoms with Gasteiger partial charge in [-0.25, -0.2) is 8.42 Å². The molecule has 0 fully saturated rings. The molecule has 1 atom stereocenters. The third-order valence-electron chi connectivity index (χ3n) is 2.69. The van der Waals surface area contributed by atoms with Crippen molar-refractivity contribution < 1.29 is 12.9 Å². The number of aromatic nitrogens is 2. The van der Waals surface area contributed by atoms with Crippen LogP contribution in [0.25, 0.3) is 0 Å². The lowest BCUT2D eigenvalue weighted by Crippen LogP contribution is -2.13. The van der Waals surface area contributed by atoms with Gasteiger partial charge in [-0.2, -0.15) is 4.98 Å². The minimum atomic E-state index is -3.42. The maximum absolute atomic E-state index is 12.3. The average Bonchev–Trinajstić information content (AvgIpc) is 2.74. The Morgan fingerprint density at radius 2 is 2.16 bits per heavy atom. The third kappa shape index (κ3) is 3.33. The van der Waals surface area contributed by atoms with Crippen LogP contribution in [-0.4, -0.2) is 18.6 Å². The van der Waals surface area contributed by atoms with Gasteiger partial charge in [0.1, 0.15) is 5.25 Å². The van der Waals surface area contributed by atoms with Crippen LogP contribution in [0, 0.1) is 6.92 Å². The van der Waals surface area contributed by atoms with Gasteiger partial charge in [-0.1, -0.05) is 28.9 Å². The summed E-state index contributed by atoms with van der Waals surface area (Å²) >= 11 is 5.84. The first kappa shape index (κ1) is 14.0. The summed E-state index contributed by atoms with van der Waals surface area (Å²) in [6.45, 7) is 3.18. The fourth-order valence-electron chi connectivity index (χ4n) is 1.62. The van der Waals surface area contributed by atoms with Crippen LogP contribution < -0.4 is 0 Å². The Balaban J connectivity index is 2.23. The van der Waals surface area contributed by atoms with E-state index in [-0.39, 0.29) is 11.6 Å². The van der Waals surface area contributed by atoms with Crippen LogP contribution in [0.15, 0.2) is 28.8 Å². The molecule has 0 aliphatic rings. The molecule has 0 amide bonds. The number of hydrogen-bond donors (Lipinski definition) is 0. The first-order chi connectivity index (χ1) is 8.88. The predicted octanol–water partition coefficient (Wildman–Crippen LogP) is 2.71. The quantitative estimate of drug-likeness (QED) is 0.868. The summed E-state index contributed by atoms with van der Waals surface area (Å²) in [5.74, 6) is 0.412. The van der Waals surface area contributed by atoms with Gasteiger partial charge in [0.2, 0.25) is 5.89 Å². The van der Waals surface area contributed by atoms with Crippen molar-refractivity contribution in [2.45, 2.75) is 24.9 Å². The molecule has 1 aromatic carbocycles. The number of halogens is 1. The second-order valence-corrected chi connectivity index (χ2v) is 7.02. The molecule has 0 saturated carbocycles. The summed E-state index contributed by atoms with van der Waals surface area (Å²) in [6.07, 6.45) is 0. The minimum Gasteiger partial charge on any atom is -0.338 e. The molecule has 0 aliphatic carbocycles. The molecule has 1 aromatic heterocycles. The molecule has 5 nitrogen and oxygen atoms in total. The maximum Gasteiger partial charge on any atom is 0.244 e. The molecule has 2 aromatic rings. The molecule has 0 aliphatic heterocycles. The molecular formula is C12H13ClN2O3S. The lowest BCUT2D eigenvalue weighted by atomic mass is 10.2. The lowest BCUT2D eigenvalue weighted by molar-refractivity contribution is 0.373. The highest BCUT2D eigenvalue weighted by Gasteiger charge is 2.27. The third-order valence-corrected chi connectivity index (χ3v) is 4.94. The molecule has 0 spiro atoms. The molecule has 1 heterocycles. The van der Waals surface area contributed by atoms with E-state index in [0.29, 0.717) is 16.4 Å². The van der Waals surface area contributed by atoms with Crippen molar-refractivity contribution in [3.63, 3.8) is 0 Å². The highest BCUT2D eigenvalue weighted by Crippen LogP contribution is 2.24. The number of sulfone groups is 1. The van der Waals surface area contributed by atoms with Crippen molar-refractivity contribution in [3.05, 3.63) is 46.6 Å². The van der Waals surface area contributed by atoms with Crippen molar-refractivity contribution >= 4 is 21.4 Å². The maximum atomic E-state index is 12.3. The van der Waals surface area contributed by atoms with Crippen LogP contribution in [-0.2, 0) is 15.6 Å². The molecule has 19 heavy (non-hydrogen) atoms. The fraction of sp³-hybridized carbons (Fsp3) is 0.333. The van der Waals surface area contributed by atoms with Crippen molar-refractivity contribution in [2.24, 2.45) is 0 Å². The van der Waals surface area contributed by atoms with E-state index in [1.165, 1.54) is 6.92 Å². The van der Waals surface area contributed by atoms with Crippen LogP contribution in [0.2, 0.25) is 5.02 Å². The summed E-state index contributed by atoms with van der Waals surface area (Å²) in [5, 5.41) is 3.27. The Kier molecular flexibility index (Phi) is 3.91. The second-order valence-electron chi connectivity index (χ2n) is 4.26. The van der Waals surface area contributed by atoms with Crippen LogP contribution >= 0.6 is 11.6 Å². The van der Waals surface area contributed by atoms with Crippen LogP contribution in [0.4, 0.5) is 0 Å². The van der Waals surface area contributed by atoms with E-state index in [1.54, 1.807) is 31.2 Å². The van der Waals surface area contributed by atoms with Crippen molar-refractivity contribution in [2.75, 3.05) is 0 Å². The monoisotopic (exact) mass is 300 g/mol. The SMILES string of the molecule is Cc1noc([C@H](C)S(=O)(=O)Cc2cccc(Cl)c2)n1. The van der Waals surface area contributed by atoms with Gasteiger partial charge in [0.25, 0.3) is 0 Å². The Morgan fingerprint density at radius 3 is 2.74 bits per heavy atom. The highest BCUT2D eigenvalue weighted by molar-refractivity contribution is 7.90. The van der Waals surface area contributed by atoms with Crippen molar-refractivity contribution in [3.8, 4) is 0 Å². The molecule has 0 unspecified atom stereocenters. The molecular weight excluding hydrogens is 288 g/mol. The largest absolute Gasteiger partial charge is 0.338 e. The summed E-state index contributed by atoms with van der Waals surface area (Å²) in [5.41, 5.74) is 0.635. The Labute approximate surface area is 116 Å². The average molecular weight is 301 g/mol. The molecule has 7 heteroatoms. The van der Waals surface area contributed by atoms with Crippen molar-refractivity contribution in [1.29, 1.82) is 0 Å². The van der Waals surface area contributed by atoms with Crippen LogP contribution in [0.3, 0.4) is 0 Å².